The topological polar surface area (TPSA) is 237 Å². The minimum atomic E-state index is -4.95. The lowest BCUT2D eigenvalue weighted by Crippen LogP contribution is -2.30. The fraction of sp³-hybridized carbons (Fsp3) is 0.942. The second kappa shape index (κ2) is 62.5. The average molecular weight is 1300 g/mol. The number of unbranched alkanes of at least 4 members (excludes halogenated alkanes) is 40. The molecule has 0 spiro atoms. The van der Waals surface area contributed by atoms with Crippen molar-refractivity contribution in [3.05, 3.63) is 0 Å². The van der Waals surface area contributed by atoms with Gasteiger partial charge in [-0.3, -0.25) is 37.3 Å². The van der Waals surface area contributed by atoms with E-state index in [1.165, 1.54) is 173 Å². The molecule has 88 heavy (non-hydrogen) atoms. The van der Waals surface area contributed by atoms with Gasteiger partial charge >= 0.3 is 39.5 Å². The van der Waals surface area contributed by atoms with Crippen LogP contribution in [0.5, 0.6) is 0 Å². The Morgan fingerprint density at radius 2 is 0.545 bits per heavy atom. The molecule has 0 rings (SSSR count). The molecule has 0 aromatic rings. The van der Waals surface area contributed by atoms with Gasteiger partial charge in [-0.15, -0.1) is 0 Å². The zero-order chi connectivity index (χ0) is 64.9. The SMILES string of the molecule is CCCCCCCCCCCCCCCCCCCCC(=O)O[C@H](COC(=O)CCCCCCCCC(C)CC)COP(=O)(O)OC[C@@H](O)COP(=O)(O)OC[C@@H](COC(=O)CCCCCCCCCCCC)OC(=O)CCCCCCCCCCCC. The van der Waals surface area contributed by atoms with E-state index in [-0.39, 0.29) is 25.7 Å². The molecule has 17 nitrogen and oxygen atoms in total. The van der Waals surface area contributed by atoms with Gasteiger partial charge in [0, 0.05) is 25.7 Å². The van der Waals surface area contributed by atoms with Gasteiger partial charge in [-0.1, -0.05) is 304 Å². The molecule has 0 aromatic carbocycles. The summed E-state index contributed by atoms with van der Waals surface area (Å²) in [6.45, 7) is 7.18. The van der Waals surface area contributed by atoms with Crippen molar-refractivity contribution < 1.29 is 80.2 Å². The second-order valence-electron chi connectivity index (χ2n) is 25.2. The molecule has 0 aromatic heterocycles. The van der Waals surface area contributed by atoms with Crippen LogP contribution < -0.4 is 0 Å². The van der Waals surface area contributed by atoms with Crippen molar-refractivity contribution in [1.29, 1.82) is 0 Å². The summed E-state index contributed by atoms with van der Waals surface area (Å²) in [7, 11) is -9.89. The highest BCUT2D eigenvalue weighted by Crippen LogP contribution is 2.45. The summed E-state index contributed by atoms with van der Waals surface area (Å²) in [4.78, 5) is 72.4. The summed E-state index contributed by atoms with van der Waals surface area (Å²) >= 11 is 0. The Hall–Kier alpha value is -1.94. The van der Waals surface area contributed by atoms with E-state index in [9.17, 15) is 43.2 Å². The number of carbonyl (C=O) groups is 4. The third-order valence-corrected chi connectivity index (χ3v) is 18.3. The first-order valence-corrected chi connectivity index (χ1v) is 39.2. The van der Waals surface area contributed by atoms with Gasteiger partial charge in [-0.05, 0) is 31.6 Å². The molecule has 3 N–H and O–H groups in total. The van der Waals surface area contributed by atoms with Crippen molar-refractivity contribution in [3.63, 3.8) is 0 Å². The van der Waals surface area contributed by atoms with Gasteiger partial charge in [0.25, 0.3) is 0 Å². The first-order valence-electron chi connectivity index (χ1n) is 36.2. The molecule has 0 aliphatic rings. The van der Waals surface area contributed by atoms with Crippen LogP contribution in [0.1, 0.15) is 356 Å². The number of carbonyl (C=O) groups excluding carboxylic acids is 4. The molecular weight excluding hydrogens is 1160 g/mol. The van der Waals surface area contributed by atoms with E-state index >= 15 is 0 Å². The van der Waals surface area contributed by atoms with Crippen molar-refractivity contribution in [2.45, 2.75) is 374 Å². The first-order chi connectivity index (χ1) is 42.6. The van der Waals surface area contributed by atoms with Crippen LogP contribution in [0.3, 0.4) is 0 Å². The predicted molar refractivity (Wildman–Crippen MR) is 354 cm³/mol. The first kappa shape index (κ1) is 86.1. The van der Waals surface area contributed by atoms with Crippen LogP contribution in [-0.4, -0.2) is 96.7 Å². The van der Waals surface area contributed by atoms with E-state index in [0.717, 1.165) is 102 Å². The largest absolute Gasteiger partial charge is 0.472 e. The lowest BCUT2D eigenvalue weighted by Gasteiger charge is -2.21. The molecule has 0 saturated carbocycles. The molecule has 0 fully saturated rings. The van der Waals surface area contributed by atoms with E-state index in [1.54, 1.807) is 0 Å². The summed E-state index contributed by atoms with van der Waals surface area (Å²) < 4.78 is 68.2. The number of hydrogen-bond donors (Lipinski definition) is 3. The molecule has 0 bridgehead atoms. The minimum absolute atomic E-state index is 0.107. The van der Waals surface area contributed by atoms with Crippen LogP contribution in [0, 0.1) is 5.92 Å². The normalized spacial score (nSPS) is 14.4. The van der Waals surface area contributed by atoms with Crippen LogP contribution in [-0.2, 0) is 65.4 Å². The molecule has 0 heterocycles. The van der Waals surface area contributed by atoms with Crippen molar-refractivity contribution in [2.75, 3.05) is 39.6 Å². The van der Waals surface area contributed by atoms with E-state index < -0.39 is 97.5 Å². The van der Waals surface area contributed by atoms with E-state index in [0.29, 0.717) is 25.7 Å². The van der Waals surface area contributed by atoms with Crippen LogP contribution in [0.25, 0.3) is 0 Å². The van der Waals surface area contributed by atoms with Gasteiger partial charge in [0.2, 0.25) is 0 Å². The van der Waals surface area contributed by atoms with Crippen molar-refractivity contribution in [3.8, 4) is 0 Å². The molecule has 0 aliphatic carbocycles. The fourth-order valence-electron chi connectivity index (χ4n) is 10.4. The number of esters is 4. The van der Waals surface area contributed by atoms with Crippen molar-refractivity contribution >= 4 is 39.5 Å². The van der Waals surface area contributed by atoms with Gasteiger partial charge in [0.15, 0.2) is 12.2 Å². The Morgan fingerprint density at radius 1 is 0.318 bits per heavy atom. The molecule has 3 unspecified atom stereocenters. The standard InChI is InChI=1S/C69H134O17P2/c1-6-10-13-16-19-22-25-26-27-28-29-30-31-32-35-38-45-50-55-69(74)86-65(59-80-67(72)53-48-43-40-39-41-46-51-62(5)9-4)61-84-88(77,78)82-57-63(70)56-81-87(75,76)83-60-64(85-68(73)54-49-44-37-34-24-21-18-15-12-8-3)58-79-66(71)52-47-42-36-33-23-20-17-14-11-7-2/h62-65,70H,6-61H2,1-5H3,(H,75,76)(H,77,78)/t62?,63-,64+,65+/m0/s1. The summed E-state index contributed by atoms with van der Waals surface area (Å²) in [6, 6.07) is 0. The summed E-state index contributed by atoms with van der Waals surface area (Å²) in [5, 5.41) is 10.6. The average Bonchev–Trinajstić information content (AvgIpc) is 3.56. The maximum atomic E-state index is 13.0. The zero-order valence-electron chi connectivity index (χ0n) is 56.9. The second-order valence-corrected chi connectivity index (χ2v) is 28.1. The third-order valence-electron chi connectivity index (χ3n) is 16.4. The van der Waals surface area contributed by atoms with Crippen LogP contribution in [0.15, 0.2) is 0 Å². The Balaban J connectivity index is 5.19. The minimum Gasteiger partial charge on any atom is -0.462 e. The number of aliphatic hydroxyl groups excluding tert-OH is 1. The number of phosphoric acid groups is 2. The van der Waals surface area contributed by atoms with E-state index in [1.807, 2.05) is 0 Å². The molecule has 0 radical (unpaired) electrons. The molecule has 0 amide bonds. The van der Waals surface area contributed by atoms with Crippen molar-refractivity contribution in [1.82, 2.24) is 0 Å². The Kier molecular flexibility index (Phi) is 61.1. The van der Waals surface area contributed by atoms with E-state index in [2.05, 4.69) is 34.6 Å². The molecule has 6 atom stereocenters. The number of aliphatic hydroxyl groups is 1. The predicted octanol–water partition coefficient (Wildman–Crippen LogP) is 19.7. The van der Waals surface area contributed by atoms with Gasteiger partial charge < -0.3 is 33.8 Å². The molecule has 522 valence electrons. The Bertz CT molecular complexity index is 1710. The molecule has 19 heteroatoms. The van der Waals surface area contributed by atoms with E-state index in [4.69, 9.17) is 37.0 Å². The van der Waals surface area contributed by atoms with Crippen LogP contribution in [0.4, 0.5) is 0 Å². The van der Waals surface area contributed by atoms with Crippen molar-refractivity contribution in [2.24, 2.45) is 5.92 Å². The van der Waals surface area contributed by atoms with Crippen LogP contribution >= 0.6 is 15.6 Å². The maximum Gasteiger partial charge on any atom is 0.472 e. The van der Waals surface area contributed by atoms with Gasteiger partial charge in [-0.25, -0.2) is 9.13 Å². The zero-order valence-corrected chi connectivity index (χ0v) is 58.6. The monoisotopic (exact) mass is 1300 g/mol. The van der Waals surface area contributed by atoms with Crippen LogP contribution in [0.2, 0.25) is 0 Å². The summed E-state index contributed by atoms with van der Waals surface area (Å²) in [5.74, 6) is -1.39. The summed E-state index contributed by atoms with van der Waals surface area (Å²) in [6.07, 6.45) is 48.6. The number of phosphoric ester groups is 2. The highest BCUT2D eigenvalue weighted by atomic mass is 31.2. The lowest BCUT2D eigenvalue weighted by molar-refractivity contribution is -0.161. The number of rotatable bonds is 69. The fourth-order valence-corrected chi connectivity index (χ4v) is 12.0. The smallest absolute Gasteiger partial charge is 0.462 e. The molecule has 0 saturated heterocycles. The Labute approximate surface area is 537 Å². The lowest BCUT2D eigenvalue weighted by atomic mass is 10.00. The van der Waals surface area contributed by atoms with Gasteiger partial charge in [-0.2, -0.15) is 0 Å². The third kappa shape index (κ3) is 61.6. The van der Waals surface area contributed by atoms with Gasteiger partial charge in [0.1, 0.15) is 19.3 Å². The highest BCUT2D eigenvalue weighted by Gasteiger charge is 2.30. The summed E-state index contributed by atoms with van der Waals surface area (Å²) in [5.41, 5.74) is 0. The quantitative estimate of drug-likeness (QED) is 0.0222. The number of ether oxygens (including phenoxy) is 4. The number of hydrogen-bond acceptors (Lipinski definition) is 15. The maximum absolute atomic E-state index is 13.0. The molecule has 0 aliphatic heterocycles. The molecular formula is C69H134O17P2. The van der Waals surface area contributed by atoms with Gasteiger partial charge in [0.05, 0.1) is 26.4 Å². The highest BCUT2D eigenvalue weighted by molar-refractivity contribution is 7.47. The Morgan fingerprint density at radius 3 is 0.807 bits per heavy atom.